The van der Waals surface area contributed by atoms with Gasteiger partial charge in [-0.05, 0) is 18.2 Å². The number of nitrogens with zero attached hydrogens (tertiary/aromatic N) is 1. The summed E-state index contributed by atoms with van der Waals surface area (Å²) in [5, 5.41) is 0. The highest BCUT2D eigenvalue weighted by Crippen LogP contribution is 2.30. The van der Waals surface area contributed by atoms with E-state index in [0.29, 0.717) is 12.2 Å². The van der Waals surface area contributed by atoms with Crippen LogP contribution in [0.4, 0.5) is 0 Å². The number of carbonyl (C=O) groups excluding carboxylic acids is 1. The van der Waals surface area contributed by atoms with Gasteiger partial charge < -0.3 is 0 Å². The van der Waals surface area contributed by atoms with E-state index < -0.39 is 5.54 Å². The van der Waals surface area contributed by atoms with Gasteiger partial charge in [-0.15, -0.1) is 0 Å². The van der Waals surface area contributed by atoms with Crippen LogP contribution in [0.5, 0.6) is 0 Å². The zero-order chi connectivity index (χ0) is 15.4. The molecular weight excluding hydrogens is 270 g/mol. The van der Waals surface area contributed by atoms with Crippen LogP contribution >= 0.6 is 0 Å². The van der Waals surface area contributed by atoms with Gasteiger partial charge in [-0.25, -0.2) is 0 Å². The zero-order valence-electron chi connectivity index (χ0n) is 12.9. The van der Waals surface area contributed by atoms with Crippen LogP contribution in [0, 0.1) is 0 Å². The van der Waals surface area contributed by atoms with Crippen molar-refractivity contribution in [2.45, 2.75) is 18.4 Å². The lowest BCUT2D eigenvalue weighted by Gasteiger charge is -2.32. The number of benzene rings is 2. The lowest BCUT2D eigenvalue weighted by molar-refractivity contribution is -0.122. The van der Waals surface area contributed by atoms with Crippen molar-refractivity contribution in [3.8, 4) is 0 Å². The van der Waals surface area contributed by atoms with Gasteiger partial charge in [0, 0.05) is 19.4 Å². The Labute approximate surface area is 132 Å². The van der Waals surface area contributed by atoms with E-state index in [4.69, 9.17) is 0 Å². The van der Waals surface area contributed by atoms with Crippen LogP contribution in [0.3, 0.4) is 0 Å². The molecule has 1 heterocycles. The highest BCUT2D eigenvalue weighted by atomic mass is 16.1. The molecule has 1 aliphatic rings. The van der Waals surface area contributed by atoms with Crippen LogP contribution in [0.15, 0.2) is 66.7 Å². The van der Waals surface area contributed by atoms with Crippen LogP contribution < -0.4 is 0 Å². The standard InChI is InChI=1S/C20H21NO/c1-21-15-13-19(22)20(21,16-18-10-6-3-7-11-18)14-12-17-8-4-2-5-9-17/h2-12,14H,13,15-16H2,1H3/b14-12+. The molecule has 1 saturated heterocycles. The summed E-state index contributed by atoms with van der Waals surface area (Å²) in [6.45, 7) is 0.824. The molecule has 0 spiro atoms. The predicted molar refractivity (Wildman–Crippen MR) is 90.6 cm³/mol. The average Bonchev–Trinajstić information content (AvgIpc) is 2.83. The van der Waals surface area contributed by atoms with Crippen LogP contribution in [-0.2, 0) is 11.2 Å². The maximum Gasteiger partial charge on any atom is 0.158 e. The molecule has 2 heteroatoms. The first-order chi connectivity index (χ1) is 10.7. The van der Waals surface area contributed by atoms with Crippen LogP contribution in [0.2, 0.25) is 0 Å². The molecule has 22 heavy (non-hydrogen) atoms. The third kappa shape index (κ3) is 2.88. The molecule has 0 aliphatic carbocycles. The summed E-state index contributed by atoms with van der Waals surface area (Å²) >= 11 is 0. The molecule has 2 aromatic carbocycles. The number of carbonyl (C=O) groups is 1. The Kier molecular flexibility index (Phi) is 4.21. The summed E-state index contributed by atoms with van der Waals surface area (Å²) in [7, 11) is 2.04. The summed E-state index contributed by atoms with van der Waals surface area (Å²) in [5.41, 5.74) is 1.81. The van der Waals surface area contributed by atoms with Crippen LogP contribution in [-0.4, -0.2) is 29.8 Å². The van der Waals surface area contributed by atoms with Gasteiger partial charge in [0.2, 0.25) is 0 Å². The number of likely N-dealkylation sites (tertiary alicyclic amines) is 1. The molecule has 0 saturated carbocycles. The number of likely N-dealkylation sites (N-methyl/N-ethyl adjacent to an activating group) is 1. The number of Topliss-reactive ketones (excluding diaryl/α,β-unsaturated/α-hetero) is 1. The topological polar surface area (TPSA) is 20.3 Å². The van der Waals surface area contributed by atoms with Gasteiger partial charge in [0.15, 0.2) is 5.78 Å². The fourth-order valence-corrected chi connectivity index (χ4v) is 3.12. The molecule has 2 nitrogen and oxygen atoms in total. The van der Waals surface area contributed by atoms with Gasteiger partial charge >= 0.3 is 0 Å². The van der Waals surface area contributed by atoms with Crippen molar-refractivity contribution in [3.05, 3.63) is 77.9 Å². The third-order valence-electron chi connectivity index (χ3n) is 4.51. The molecular formula is C20H21NO. The van der Waals surface area contributed by atoms with Crippen molar-refractivity contribution < 1.29 is 4.79 Å². The maximum absolute atomic E-state index is 12.6. The number of rotatable bonds is 4. The van der Waals surface area contributed by atoms with Crippen molar-refractivity contribution in [1.29, 1.82) is 0 Å². The summed E-state index contributed by atoms with van der Waals surface area (Å²) in [5.74, 6) is 0.311. The minimum Gasteiger partial charge on any atom is -0.297 e. The normalized spacial score (nSPS) is 22.5. The van der Waals surface area contributed by atoms with Gasteiger partial charge in [-0.1, -0.05) is 72.8 Å². The van der Waals surface area contributed by atoms with Gasteiger partial charge in [0.1, 0.15) is 5.54 Å². The van der Waals surface area contributed by atoms with E-state index in [1.54, 1.807) is 0 Å². The maximum atomic E-state index is 12.6. The molecule has 2 aromatic rings. The Balaban J connectivity index is 1.94. The molecule has 0 N–H and O–H groups in total. The molecule has 112 valence electrons. The van der Waals surface area contributed by atoms with E-state index in [9.17, 15) is 4.79 Å². The van der Waals surface area contributed by atoms with Crippen molar-refractivity contribution in [3.63, 3.8) is 0 Å². The second-order valence-corrected chi connectivity index (χ2v) is 5.93. The largest absolute Gasteiger partial charge is 0.297 e. The Bertz CT molecular complexity index is 663. The van der Waals surface area contributed by atoms with Crippen LogP contribution in [0.25, 0.3) is 6.08 Å². The summed E-state index contributed by atoms with van der Waals surface area (Å²) in [4.78, 5) is 14.8. The van der Waals surface area contributed by atoms with Crippen molar-refractivity contribution >= 4 is 11.9 Å². The molecule has 0 aromatic heterocycles. The Hall–Kier alpha value is -2.19. The van der Waals surface area contributed by atoms with Gasteiger partial charge in [-0.3, -0.25) is 9.69 Å². The minimum atomic E-state index is -0.517. The van der Waals surface area contributed by atoms with Gasteiger partial charge in [0.25, 0.3) is 0 Å². The van der Waals surface area contributed by atoms with Crippen molar-refractivity contribution in [2.24, 2.45) is 0 Å². The second kappa shape index (κ2) is 6.29. The Morgan fingerprint density at radius 1 is 1.05 bits per heavy atom. The monoisotopic (exact) mass is 291 g/mol. The Morgan fingerprint density at radius 3 is 2.27 bits per heavy atom. The average molecular weight is 291 g/mol. The second-order valence-electron chi connectivity index (χ2n) is 5.93. The molecule has 0 bridgehead atoms. The molecule has 3 rings (SSSR count). The lowest BCUT2D eigenvalue weighted by atomic mass is 9.86. The summed E-state index contributed by atoms with van der Waals surface area (Å²) in [6, 6.07) is 20.4. The van der Waals surface area contributed by atoms with Crippen LogP contribution in [0.1, 0.15) is 17.5 Å². The fraction of sp³-hybridized carbons (Fsp3) is 0.250. The Morgan fingerprint density at radius 2 is 1.68 bits per heavy atom. The van der Waals surface area contributed by atoms with E-state index in [-0.39, 0.29) is 0 Å². The van der Waals surface area contributed by atoms with Crippen molar-refractivity contribution in [1.82, 2.24) is 4.90 Å². The minimum absolute atomic E-state index is 0.311. The highest BCUT2D eigenvalue weighted by Gasteiger charge is 2.44. The summed E-state index contributed by atoms with van der Waals surface area (Å²) < 4.78 is 0. The fourth-order valence-electron chi connectivity index (χ4n) is 3.12. The predicted octanol–water partition coefficient (Wildman–Crippen LogP) is 3.59. The number of hydrogen-bond donors (Lipinski definition) is 0. The van der Waals surface area contributed by atoms with E-state index in [0.717, 1.165) is 18.5 Å². The molecule has 1 unspecified atom stereocenters. The lowest BCUT2D eigenvalue weighted by Crippen LogP contribution is -2.46. The van der Waals surface area contributed by atoms with Gasteiger partial charge in [0.05, 0.1) is 0 Å². The molecule has 1 atom stereocenters. The molecule has 0 radical (unpaired) electrons. The number of ketones is 1. The zero-order valence-corrected chi connectivity index (χ0v) is 12.9. The molecule has 1 aliphatic heterocycles. The molecule has 0 amide bonds. The first-order valence-corrected chi connectivity index (χ1v) is 7.73. The summed E-state index contributed by atoms with van der Waals surface area (Å²) in [6.07, 6.45) is 5.52. The van der Waals surface area contributed by atoms with E-state index >= 15 is 0 Å². The third-order valence-corrected chi connectivity index (χ3v) is 4.51. The SMILES string of the molecule is CN1CCC(=O)C1(/C=C/c1ccccc1)Cc1ccccc1. The van der Waals surface area contributed by atoms with E-state index in [2.05, 4.69) is 41.3 Å². The van der Waals surface area contributed by atoms with E-state index in [1.807, 2.05) is 43.4 Å². The van der Waals surface area contributed by atoms with Crippen molar-refractivity contribution in [2.75, 3.05) is 13.6 Å². The quantitative estimate of drug-likeness (QED) is 0.858. The smallest absolute Gasteiger partial charge is 0.158 e. The molecule has 1 fully saturated rings. The van der Waals surface area contributed by atoms with Gasteiger partial charge in [-0.2, -0.15) is 0 Å². The first kappa shape index (κ1) is 14.7. The highest BCUT2D eigenvalue weighted by molar-refractivity contribution is 5.94. The van der Waals surface area contributed by atoms with E-state index in [1.165, 1.54) is 5.56 Å². The first-order valence-electron chi connectivity index (χ1n) is 7.73. The number of hydrogen-bond acceptors (Lipinski definition) is 2.